The van der Waals surface area contributed by atoms with Gasteiger partial charge in [0.15, 0.2) is 0 Å². The summed E-state index contributed by atoms with van der Waals surface area (Å²) < 4.78 is 0. The van der Waals surface area contributed by atoms with E-state index in [1.165, 1.54) is 0 Å². The lowest BCUT2D eigenvalue weighted by molar-refractivity contribution is -0.139. The van der Waals surface area contributed by atoms with Crippen LogP contribution >= 0.6 is 24.4 Å². The van der Waals surface area contributed by atoms with Crippen LogP contribution in [0.15, 0.2) is 0 Å². The highest BCUT2D eigenvalue weighted by Gasteiger charge is 2.42. The number of unbranched alkanes of at least 4 members (excludes halogenated alkanes) is 1. The van der Waals surface area contributed by atoms with Crippen LogP contribution in [-0.2, 0) is 24.0 Å². The van der Waals surface area contributed by atoms with E-state index in [9.17, 15) is 28.8 Å². The van der Waals surface area contributed by atoms with E-state index in [0.717, 1.165) is 25.0 Å². The molecule has 5 atom stereocenters. The fraction of sp³-hybridized carbons (Fsp3) is 0.700. The van der Waals surface area contributed by atoms with Gasteiger partial charge in [-0.25, -0.2) is 4.79 Å². The van der Waals surface area contributed by atoms with Crippen LogP contribution < -0.4 is 27.0 Å². The Bertz CT molecular complexity index is 816. The van der Waals surface area contributed by atoms with Crippen LogP contribution in [0.2, 0.25) is 0 Å². The first-order valence-corrected chi connectivity index (χ1v) is 12.9. The largest absolute Gasteiger partial charge is 0.481 e. The third-order valence-corrected chi connectivity index (χ3v) is 7.19. The first-order chi connectivity index (χ1) is 16.9. The van der Waals surface area contributed by atoms with Crippen molar-refractivity contribution in [2.75, 3.05) is 18.1 Å². The quantitative estimate of drug-likeness (QED) is 0.0690. The molecule has 0 radical (unpaired) electrons. The van der Waals surface area contributed by atoms with Crippen LogP contribution in [0.1, 0.15) is 38.5 Å². The van der Waals surface area contributed by atoms with Crippen LogP contribution in [0.3, 0.4) is 0 Å². The normalized spacial score (nSPS) is 21.5. The number of carbonyl (C=O) groups excluding carboxylic acids is 3. The molecule has 0 saturated carbocycles. The third-order valence-electron chi connectivity index (χ3n) is 5.32. The van der Waals surface area contributed by atoms with E-state index < -0.39 is 48.4 Å². The Hall–Kier alpha value is -2.72. The number of thioether (sulfide) groups is 1. The topological polar surface area (TPSA) is 237 Å². The number of nitrogens with two attached hydrogens (primary N) is 1. The van der Waals surface area contributed by atoms with Crippen molar-refractivity contribution in [3.63, 3.8) is 0 Å². The van der Waals surface area contributed by atoms with Crippen LogP contribution in [0.5, 0.6) is 0 Å². The average Bonchev–Trinajstić information content (AvgIpc) is 3.36. The van der Waals surface area contributed by atoms with E-state index in [4.69, 9.17) is 21.1 Å². The van der Waals surface area contributed by atoms with E-state index in [1.807, 2.05) is 11.8 Å². The summed E-state index contributed by atoms with van der Waals surface area (Å²) in [5.74, 6) is -3.47. The van der Waals surface area contributed by atoms with Gasteiger partial charge in [0, 0.05) is 29.6 Å². The molecular weight excluding hydrogens is 518 g/mol. The molecule has 0 bridgehead atoms. The molecule has 2 aliphatic rings. The Balaban J connectivity index is 0.000000367. The number of carboxylic acid groups (broad SMARTS) is 3. The number of rotatable bonds is 14. The van der Waals surface area contributed by atoms with Crippen LogP contribution in [0.4, 0.5) is 4.79 Å². The highest BCUT2D eigenvalue weighted by molar-refractivity contribution is 8.00. The molecule has 9 N–H and O–H groups in total. The van der Waals surface area contributed by atoms with Gasteiger partial charge in [0.05, 0.1) is 12.1 Å². The monoisotopic (exact) mass is 551 g/mol. The molecule has 2 fully saturated rings. The molecule has 0 aromatic carbocycles. The van der Waals surface area contributed by atoms with E-state index in [-0.39, 0.29) is 43.1 Å². The molecule has 2 unspecified atom stereocenters. The lowest BCUT2D eigenvalue weighted by Gasteiger charge is -2.16. The Kier molecular flexibility index (Phi) is 14.0. The van der Waals surface area contributed by atoms with Gasteiger partial charge in [-0.05, 0) is 19.3 Å². The van der Waals surface area contributed by atoms with Crippen molar-refractivity contribution in [3.8, 4) is 0 Å². The lowest BCUT2D eigenvalue weighted by atomic mass is 10.0. The Morgan fingerprint density at radius 3 is 2.36 bits per heavy atom. The maximum Gasteiger partial charge on any atom is 0.322 e. The van der Waals surface area contributed by atoms with E-state index in [0.29, 0.717) is 5.25 Å². The predicted molar refractivity (Wildman–Crippen MR) is 133 cm³/mol. The molecule has 0 aliphatic carbocycles. The molecular formula is C20H33N5O9S2. The van der Waals surface area contributed by atoms with Crippen molar-refractivity contribution in [2.24, 2.45) is 5.73 Å². The minimum atomic E-state index is -1.22. The smallest absolute Gasteiger partial charge is 0.322 e. The summed E-state index contributed by atoms with van der Waals surface area (Å²) in [4.78, 5) is 65.2. The summed E-state index contributed by atoms with van der Waals surface area (Å²) in [6.07, 6.45) is 2.65. The number of fused-ring (bicyclic) bond motifs is 1. The number of aliphatic carboxylic acids is 3. The number of hydrogen-bond donors (Lipinski definition) is 9. The molecule has 0 spiro atoms. The third kappa shape index (κ3) is 11.8. The van der Waals surface area contributed by atoms with Crippen molar-refractivity contribution in [1.82, 2.24) is 21.3 Å². The van der Waals surface area contributed by atoms with Gasteiger partial charge in [-0.1, -0.05) is 6.42 Å². The minimum absolute atomic E-state index is 0.0256. The first-order valence-electron chi connectivity index (χ1n) is 11.2. The molecule has 0 aromatic rings. The first kappa shape index (κ1) is 31.3. The second kappa shape index (κ2) is 16.1. The number of carboxylic acids is 3. The Morgan fingerprint density at radius 2 is 1.78 bits per heavy atom. The predicted octanol–water partition coefficient (Wildman–Crippen LogP) is -1.41. The van der Waals surface area contributed by atoms with E-state index in [2.05, 4.69) is 33.9 Å². The summed E-state index contributed by atoms with van der Waals surface area (Å²) >= 11 is 5.74. The summed E-state index contributed by atoms with van der Waals surface area (Å²) in [6.45, 7) is -0.567. The average molecular weight is 552 g/mol. The number of hydrogen-bond acceptors (Lipinski definition) is 9. The van der Waals surface area contributed by atoms with Gasteiger partial charge in [0.2, 0.25) is 11.8 Å². The maximum atomic E-state index is 11.5. The molecule has 16 heteroatoms. The van der Waals surface area contributed by atoms with Gasteiger partial charge in [-0.2, -0.15) is 24.4 Å². The molecule has 2 aliphatic heterocycles. The van der Waals surface area contributed by atoms with E-state index >= 15 is 0 Å². The van der Waals surface area contributed by atoms with Gasteiger partial charge in [-0.3, -0.25) is 24.0 Å². The second-order valence-corrected chi connectivity index (χ2v) is 9.80. The summed E-state index contributed by atoms with van der Waals surface area (Å²) in [6, 6.07) is -1.71. The van der Waals surface area contributed by atoms with Gasteiger partial charge < -0.3 is 42.3 Å². The van der Waals surface area contributed by atoms with Crippen LogP contribution in [0.25, 0.3) is 0 Å². The second-order valence-electron chi connectivity index (χ2n) is 8.16. The number of amides is 4. The van der Waals surface area contributed by atoms with Gasteiger partial charge >= 0.3 is 23.9 Å². The summed E-state index contributed by atoms with van der Waals surface area (Å²) in [5, 5.41) is 36.1. The zero-order chi connectivity index (χ0) is 27.3. The number of urea groups is 1. The van der Waals surface area contributed by atoms with Crippen LogP contribution in [0, 0.1) is 0 Å². The van der Waals surface area contributed by atoms with E-state index in [1.54, 1.807) is 0 Å². The van der Waals surface area contributed by atoms with Gasteiger partial charge in [0.1, 0.15) is 18.6 Å². The standard InChI is InChI=1S/C10H17N3O6S.C10H16N2O3S/c11-5(10(18)19)1-2-7(14)13-6(4-20)9(17)12-3-8(15)16;13-8(14)4-2-1-3-7-9-6(5-16-7)11-10(15)12-9/h5-6,20H,1-4,11H2,(H,12,17)(H,13,14)(H,15,16)(H,18,19);6-7,9H,1-5H2,(H,13,14)(H2,11,12,15)/t;6-,7-,9-/m.0/s1. The maximum absolute atomic E-state index is 11.5. The molecule has 4 amide bonds. The SMILES string of the molecule is NC(CCC(=O)NC(CS)C(=O)NCC(=O)O)C(=O)O.O=C(O)CCCC[C@@H]1SC[C@@H]2NC(=O)N[C@@H]21. The number of thiol groups is 1. The van der Waals surface area contributed by atoms with Crippen molar-refractivity contribution in [2.45, 2.75) is 67.9 Å². The Morgan fingerprint density at radius 1 is 1.08 bits per heavy atom. The fourth-order valence-electron chi connectivity index (χ4n) is 3.42. The highest BCUT2D eigenvalue weighted by Crippen LogP contribution is 2.33. The molecule has 204 valence electrons. The molecule has 2 heterocycles. The molecule has 2 saturated heterocycles. The zero-order valence-corrected chi connectivity index (χ0v) is 21.2. The number of nitrogens with one attached hydrogen (secondary N) is 4. The summed E-state index contributed by atoms with van der Waals surface area (Å²) in [5.41, 5.74) is 5.23. The van der Waals surface area contributed by atoms with Gasteiger partial charge in [-0.15, -0.1) is 0 Å². The number of carbonyl (C=O) groups is 6. The van der Waals surface area contributed by atoms with Crippen molar-refractivity contribution < 1.29 is 44.1 Å². The lowest BCUT2D eigenvalue weighted by Crippen LogP contribution is -2.49. The molecule has 2 rings (SSSR count). The van der Waals surface area contributed by atoms with Gasteiger partial charge in [0.25, 0.3) is 0 Å². The highest BCUT2D eigenvalue weighted by atomic mass is 32.2. The fourth-order valence-corrected chi connectivity index (χ4v) is 5.22. The molecule has 0 aromatic heterocycles. The molecule has 14 nitrogen and oxygen atoms in total. The Labute approximate surface area is 217 Å². The van der Waals surface area contributed by atoms with Crippen molar-refractivity contribution >= 4 is 60.1 Å². The van der Waals surface area contributed by atoms with Crippen molar-refractivity contribution in [1.29, 1.82) is 0 Å². The molecule has 36 heavy (non-hydrogen) atoms. The van der Waals surface area contributed by atoms with Crippen molar-refractivity contribution in [3.05, 3.63) is 0 Å². The minimum Gasteiger partial charge on any atom is -0.481 e. The van der Waals surface area contributed by atoms with Crippen LogP contribution in [-0.4, -0.2) is 98.5 Å². The zero-order valence-electron chi connectivity index (χ0n) is 19.5. The summed E-state index contributed by atoms with van der Waals surface area (Å²) in [7, 11) is 0.